The number of ether oxygens (including phenoxy) is 1. The molecule has 0 aliphatic carbocycles. The van der Waals surface area contributed by atoms with Crippen molar-refractivity contribution in [2.45, 2.75) is 45.3 Å². The van der Waals surface area contributed by atoms with Crippen molar-refractivity contribution in [3.05, 3.63) is 0 Å². The van der Waals surface area contributed by atoms with Gasteiger partial charge in [-0.1, -0.05) is 13.8 Å². The lowest BCUT2D eigenvalue weighted by Crippen LogP contribution is -2.54. The van der Waals surface area contributed by atoms with E-state index in [0.29, 0.717) is 17.6 Å². The van der Waals surface area contributed by atoms with E-state index in [4.69, 9.17) is 4.74 Å². The number of rotatable bonds is 3. The molecular formula is C13H26N2O. The first-order valence-electron chi connectivity index (χ1n) is 6.63. The Labute approximate surface area is 99.5 Å². The highest BCUT2D eigenvalue weighted by Gasteiger charge is 2.35. The smallest absolute Gasteiger partial charge is 0.0702 e. The molecule has 2 atom stereocenters. The molecular weight excluding hydrogens is 200 g/mol. The van der Waals surface area contributed by atoms with Crippen LogP contribution in [0.5, 0.6) is 0 Å². The molecule has 0 aromatic carbocycles. The van der Waals surface area contributed by atoms with Gasteiger partial charge in [0.1, 0.15) is 0 Å². The summed E-state index contributed by atoms with van der Waals surface area (Å²) in [6.45, 7) is 9.26. The zero-order valence-corrected chi connectivity index (χ0v) is 11.0. The SMILES string of the molecule is CNC1CCN(CC2CCCO2)CC1(C)C. The highest BCUT2D eigenvalue weighted by molar-refractivity contribution is 4.91. The van der Waals surface area contributed by atoms with Gasteiger partial charge in [-0.3, -0.25) is 0 Å². The normalized spacial score (nSPS) is 35.4. The summed E-state index contributed by atoms with van der Waals surface area (Å²) in [6.07, 6.45) is 4.27. The van der Waals surface area contributed by atoms with Crippen LogP contribution in [0.4, 0.5) is 0 Å². The molecule has 2 heterocycles. The van der Waals surface area contributed by atoms with E-state index in [0.717, 1.165) is 13.2 Å². The predicted octanol–water partition coefficient (Wildman–Crippen LogP) is 1.49. The van der Waals surface area contributed by atoms with E-state index < -0.39 is 0 Å². The predicted molar refractivity (Wildman–Crippen MR) is 66.7 cm³/mol. The highest BCUT2D eigenvalue weighted by Crippen LogP contribution is 2.29. The molecule has 2 fully saturated rings. The zero-order valence-electron chi connectivity index (χ0n) is 11.0. The topological polar surface area (TPSA) is 24.5 Å². The first kappa shape index (κ1) is 12.3. The summed E-state index contributed by atoms with van der Waals surface area (Å²) >= 11 is 0. The van der Waals surface area contributed by atoms with E-state index in [1.54, 1.807) is 0 Å². The van der Waals surface area contributed by atoms with Crippen molar-refractivity contribution in [2.24, 2.45) is 5.41 Å². The Bertz CT molecular complexity index is 224. The lowest BCUT2D eigenvalue weighted by Gasteiger charge is -2.44. The van der Waals surface area contributed by atoms with Crippen LogP contribution in [-0.4, -0.2) is 50.3 Å². The average molecular weight is 226 g/mol. The second-order valence-electron chi connectivity index (χ2n) is 5.99. The van der Waals surface area contributed by atoms with E-state index in [-0.39, 0.29) is 0 Å². The number of likely N-dealkylation sites (tertiary alicyclic amines) is 1. The van der Waals surface area contributed by atoms with Crippen molar-refractivity contribution in [3.8, 4) is 0 Å². The molecule has 0 aromatic heterocycles. The number of piperidine rings is 1. The molecule has 0 amide bonds. The maximum absolute atomic E-state index is 5.72. The fourth-order valence-electron chi connectivity index (χ4n) is 3.24. The van der Waals surface area contributed by atoms with Crippen molar-refractivity contribution in [2.75, 3.05) is 33.3 Å². The standard InChI is InChI=1S/C13H26N2O/c1-13(2)10-15(7-6-12(13)14-3)9-11-5-4-8-16-11/h11-12,14H,4-10H2,1-3H3. The summed E-state index contributed by atoms with van der Waals surface area (Å²) in [5.74, 6) is 0. The molecule has 1 N–H and O–H groups in total. The summed E-state index contributed by atoms with van der Waals surface area (Å²) in [5.41, 5.74) is 0.381. The number of nitrogens with zero attached hydrogens (tertiary/aromatic N) is 1. The van der Waals surface area contributed by atoms with Gasteiger partial charge in [-0.25, -0.2) is 0 Å². The van der Waals surface area contributed by atoms with Crippen LogP contribution in [0, 0.1) is 5.41 Å². The maximum atomic E-state index is 5.72. The van der Waals surface area contributed by atoms with Crippen molar-refractivity contribution < 1.29 is 4.74 Å². The van der Waals surface area contributed by atoms with Gasteiger partial charge in [-0.15, -0.1) is 0 Å². The molecule has 2 unspecified atom stereocenters. The lowest BCUT2D eigenvalue weighted by atomic mass is 9.79. The quantitative estimate of drug-likeness (QED) is 0.789. The Morgan fingerprint density at radius 1 is 1.38 bits per heavy atom. The Hall–Kier alpha value is -0.120. The Kier molecular flexibility index (Phi) is 3.88. The van der Waals surface area contributed by atoms with Gasteiger partial charge in [-0.05, 0) is 38.3 Å². The van der Waals surface area contributed by atoms with E-state index in [1.807, 2.05) is 0 Å². The van der Waals surface area contributed by atoms with Crippen molar-refractivity contribution in [1.29, 1.82) is 0 Å². The van der Waals surface area contributed by atoms with Crippen LogP contribution in [-0.2, 0) is 4.74 Å². The van der Waals surface area contributed by atoms with E-state index in [1.165, 1.54) is 32.4 Å². The molecule has 2 aliphatic heterocycles. The van der Waals surface area contributed by atoms with Crippen molar-refractivity contribution in [3.63, 3.8) is 0 Å². The van der Waals surface area contributed by atoms with Crippen LogP contribution in [0.15, 0.2) is 0 Å². The van der Waals surface area contributed by atoms with E-state index in [2.05, 4.69) is 31.1 Å². The van der Waals surface area contributed by atoms with Gasteiger partial charge in [0, 0.05) is 25.7 Å². The molecule has 0 radical (unpaired) electrons. The van der Waals surface area contributed by atoms with Crippen LogP contribution in [0.3, 0.4) is 0 Å². The van der Waals surface area contributed by atoms with Crippen LogP contribution in [0.1, 0.15) is 33.1 Å². The fraction of sp³-hybridized carbons (Fsp3) is 1.00. The van der Waals surface area contributed by atoms with Gasteiger partial charge < -0.3 is 15.0 Å². The minimum atomic E-state index is 0.381. The van der Waals surface area contributed by atoms with Gasteiger partial charge in [0.25, 0.3) is 0 Å². The molecule has 3 nitrogen and oxygen atoms in total. The third-order valence-electron chi connectivity index (χ3n) is 4.14. The summed E-state index contributed by atoms with van der Waals surface area (Å²) < 4.78 is 5.72. The minimum Gasteiger partial charge on any atom is -0.377 e. The minimum absolute atomic E-state index is 0.381. The van der Waals surface area contributed by atoms with Gasteiger partial charge in [-0.2, -0.15) is 0 Å². The third kappa shape index (κ3) is 2.76. The molecule has 0 saturated carbocycles. The molecule has 2 rings (SSSR count). The van der Waals surface area contributed by atoms with E-state index in [9.17, 15) is 0 Å². The average Bonchev–Trinajstić information content (AvgIpc) is 2.69. The van der Waals surface area contributed by atoms with Gasteiger partial charge in [0.2, 0.25) is 0 Å². The Morgan fingerprint density at radius 3 is 2.75 bits per heavy atom. The van der Waals surface area contributed by atoms with Crippen molar-refractivity contribution >= 4 is 0 Å². The van der Waals surface area contributed by atoms with Crippen molar-refractivity contribution in [1.82, 2.24) is 10.2 Å². The second kappa shape index (κ2) is 5.03. The zero-order chi connectivity index (χ0) is 11.6. The number of nitrogens with one attached hydrogen (secondary N) is 1. The summed E-state index contributed by atoms with van der Waals surface area (Å²) in [6, 6.07) is 0.660. The van der Waals surface area contributed by atoms with Gasteiger partial charge in [0.05, 0.1) is 6.10 Å². The first-order chi connectivity index (χ1) is 7.62. The molecule has 0 aromatic rings. The summed E-state index contributed by atoms with van der Waals surface area (Å²) in [4.78, 5) is 2.59. The Balaban J connectivity index is 1.84. The number of hydrogen-bond donors (Lipinski definition) is 1. The van der Waals surface area contributed by atoms with Crippen LogP contribution >= 0.6 is 0 Å². The van der Waals surface area contributed by atoms with Crippen LogP contribution < -0.4 is 5.32 Å². The molecule has 2 aliphatic rings. The van der Waals surface area contributed by atoms with Crippen LogP contribution in [0.2, 0.25) is 0 Å². The molecule has 2 saturated heterocycles. The Morgan fingerprint density at radius 2 is 2.19 bits per heavy atom. The van der Waals surface area contributed by atoms with Gasteiger partial charge in [0.15, 0.2) is 0 Å². The third-order valence-corrected chi connectivity index (χ3v) is 4.14. The molecule has 16 heavy (non-hydrogen) atoms. The molecule has 3 heteroatoms. The van der Waals surface area contributed by atoms with Gasteiger partial charge >= 0.3 is 0 Å². The first-order valence-corrected chi connectivity index (χ1v) is 6.63. The monoisotopic (exact) mass is 226 g/mol. The highest BCUT2D eigenvalue weighted by atomic mass is 16.5. The number of hydrogen-bond acceptors (Lipinski definition) is 3. The van der Waals surface area contributed by atoms with E-state index >= 15 is 0 Å². The maximum Gasteiger partial charge on any atom is 0.0702 e. The summed E-state index contributed by atoms with van der Waals surface area (Å²) in [7, 11) is 2.09. The van der Waals surface area contributed by atoms with Crippen LogP contribution in [0.25, 0.3) is 0 Å². The largest absolute Gasteiger partial charge is 0.377 e. The lowest BCUT2D eigenvalue weighted by molar-refractivity contribution is 0.0274. The fourth-order valence-corrected chi connectivity index (χ4v) is 3.24. The molecule has 0 spiro atoms. The second-order valence-corrected chi connectivity index (χ2v) is 5.99. The summed E-state index contributed by atoms with van der Waals surface area (Å²) in [5, 5.41) is 3.45. The molecule has 94 valence electrons. The molecule has 0 bridgehead atoms.